The molecule has 0 unspecified atom stereocenters. The molecule has 1 heterocycles. The minimum Gasteiger partial charge on any atom is -0.496 e. The SMILES string of the molecule is CCc1c(-c2ccccc2)oc2c(CNc3ccccc3)c(OC)ccc2c1=O. The molecule has 4 heteroatoms. The number of hydrogen-bond acceptors (Lipinski definition) is 4. The molecule has 0 saturated carbocycles. The maximum Gasteiger partial charge on any atom is 0.196 e. The van der Waals surface area contributed by atoms with Crippen molar-refractivity contribution in [1.29, 1.82) is 0 Å². The average molecular weight is 385 g/mol. The Balaban J connectivity index is 1.91. The first-order valence-corrected chi connectivity index (χ1v) is 9.72. The van der Waals surface area contributed by atoms with Gasteiger partial charge in [-0.3, -0.25) is 4.79 Å². The molecule has 4 rings (SSSR count). The standard InChI is InChI=1S/C25H23NO3/c1-3-19-23(27)20-14-15-22(28-2)21(16-26-18-12-8-5-9-13-18)25(20)29-24(19)17-10-6-4-7-11-17/h4-15,26H,3,16H2,1-2H3. The molecule has 4 aromatic rings. The Hall–Kier alpha value is -3.53. The summed E-state index contributed by atoms with van der Waals surface area (Å²) in [5, 5.41) is 3.97. The highest BCUT2D eigenvalue weighted by molar-refractivity contribution is 5.85. The summed E-state index contributed by atoms with van der Waals surface area (Å²) in [6.45, 7) is 2.46. The highest BCUT2D eigenvalue weighted by Crippen LogP contribution is 2.32. The molecular formula is C25H23NO3. The van der Waals surface area contributed by atoms with Crippen LogP contribution in [0.5, 0.6) is 5.75 Å². The van der Waals surface area contributed by atoms with Crippen LogP contribution in [0.3, 0.4) is 0 Å². The van der Waals surface area contributed by atoms with Crippen LogP contribution in [0.1, 0.15) is 18.1 Å². The third-order valence-corrected chi connectivity index (χ3v) is 5.07. The van der Waals surface area contributed by atoms with Gasteiger partial charge in [-0.2, -0.15) is 0 Å². The summed E-state index contributed by atoms with van der Waals surface area (Å²) >= 11 is 0. The van der Waals surface area contributed by atoms with E-state index in [9.17, 15) is 4.79 Å². The largest absolute Gasteiger partial charge is 0.496 e. The van der Waals surface area contributed by atoms with Crippen molar-refractivity contribution in [2.24, 2.45) is 0 Å². The van der Waals surface area contributed by atoms with Gasteiger partial charge in [0.2, 0.25) is 0 Å². The molecule has 0 saturated heterocycles. The smallest absolute Gasteiger partial charge is 0.196 e. The van der Waals surface area contributed by atoms with Crippen LogP contribution in [0, 0.1) is 0 Å². The van der Waals surface area contributed by atoms with Gasteiger partial charge >= 0.3 is 0 Å². The normalized spacial score (nSPS) is 10.8. The molecule has 0 aliphatic rings. The molecule has 0 atom stereocenters. The maximum atomic E-state index is 13.3. The molecule has 29 heavy (non-hydrogen) atoms. The first-order valence-electron chi connectivity index (χ1n) is 9.72. The fraction of sp³-hybridized carbons (Fsp3) is 0.160. The maximum absolute atomic E-state index is 13.3. The highest BCUT2D eigenvalue weighted by Gasteiger charge is 2.19. The molecule has 0 aliphatic carbocycles. The van der Waals surface area contributed by atoms with Crippen molar-refractivity contribution < 1.29 is 9.15 Å². The number of anilines is 1. The number of nitrogens with one attached hydrogen (secondary N) is 1. The number of hydrogen-bond donors (Lipinski definition) is 1. The Bertz CT molecular complexity index is 1180. The van der Waals surface area contributed by atoms with Gasteiger partial charge < -0.3 is 14.5 Å². The van der Waals surface area contributed by atoms with E-state index in [-0.39, 0.29) is 5.43 Å². The molecule has 1 aromatic heterocycles. The average Bonchev–Trinajstić information content (AvgIpc) is 2.78. The van der Waals surface area contributed by atoms with E-state index in [4.69, 9.17) is 9.15 Å². The van der Waals surface area contributed by atoms with Crippen LogP contribution >= 0.6 is 0 Å². The van der Waals surface area contributed by atoms with Crippen LogP contribution < -0.4 is 15.5 Å². The minimum atomic E-state index is 0.0104. The van der Waals surface area contributed by atoms with E-state index < -0.39 is 0 Å². The van der Waals surface area contributed by atoms with Crippen LogP contribution in [0.4, 0.5) is 5.69 Å². The molecule has 0 spiro atoms. The zero-order valence-electron chi connectivity index (χ0n) is 16.6. The molecule has 0 amide bonds. The van der Waals surface area contributed by atoms with Crippen molar-refractivity contribution in [3.63, 3.8) is 0 Å². The Morgan fingerprint density at radius 1 is 0.897 bits per heavy atom. The van der Waals surface area contributed by atoms with Gasteiger partial charge in [0.25, 0.3) is 0 Å². The number of ether oxygens (including phenoxy) is 1. The van der Waals surface area contributed by atoms with E-state index >= 15 is 0 Å². The quantitative estimate of drug-likeness (QED) is 0.466. The Morgan fingerprint density at radius 2 is 1.59 bits per heavy atom. The van der Waals surface area contributed by atoms with E-state index in [2.05, 4.69) is 5.32 Å². The lowest BCUT2D eigenvalue weighted by atomic mass is 10.0. The van der Waals surface area contributed by atoms with Gasteiger partial charge in [0.05, 0.1) is 18.1 Å². The van der Waals surface area contributed by atoms with Crippen molar-refractivity contribution in [1.82, 2.24) is 0 Å². The van der Waals surface area contributed by atoms with Crippen molar-refractivity contribution >= 4 is 16.7 Å². The highest BCUT2D eigenvalue weighted by atomic mass is 16.5. The summed E-state index contributed by atoms with van der Waals surface area (Å²) in [5.41, 5.74) is 3.97. The number of para-hydroxylation sites is 1. The van der Waals surface area contributed by atoms with Gasteiger partial charge in [-0.25, -0.2) is 0 Å². The first-order chi connectivity index (χ1) is 14.2. The summed E-state index contributed by atoms with van der Waals surface area (Å²) in [6, 6.07) is 23.3. The summed E-state index contributed by atoms with van der Waals surface area (Å²) in [5.74, 6) is 1.31. The monoisotopic (exact) mass is 385 g/mol. The predicted molar refractivity (Wildman–Crippen MR) is 118 cm³/mol. The summed E-state index contributed by atoms with van der Waals surface area (Å²) < 4.78 is 12.0. The molecule has 4 nitrogen and oxygen atoms in total. The Kier molecular flexibility index (Phi) is 5.34. The second-order valence-electron chi connectivity index (χ2n) is 6.80. The predicted octanol–water partition coefficient (Wildman–Crippen LogP) is 5.64. The van der Waals surface area contributed by atoms with Gasteiger partial charge in [0.1, 0.15) is 17.1 Å². The van der Waals surface area contributed by atoms with Gasteiger partial charge in [-0.15, -0.1) is 0 Å². The molecule has 0 fully saturated rings. The van der Waals surface area contributed by atoms with E-state index in [0.29, 0.717) is 41.0 Å². The Morgan fingerprint density at radius 3 is 2.24 bits per heavy atom. The van der Waals surface area contributed by atoms with Crippen LogP contribution in [0.25, 0.3) is 22.3 Å². The van der Waals surface area contributed by atoms with Gasteiger partial charge in [-0.05, 0) is 30.7 Å². The van der Waals surface area contributed by atoms with Gasteiger partial charge in [0, 0.05) is 23.4 Å². The summed E-state index contributed by atoms with van der Waals surface area (Å²) in [6.07, 6.45) is 0.603. The van der Waals surface area contributed by atoms with Crippen molar-refractivity contribution in [3.05, 3.63) is 94.1 Å². The molecule has 0 radical (unpaired) electrons. The lowest BCUT2D eigenvalue weighted by Gasteiger charge is -2.15. The van der Waals surface area contributed by atoms with Crippen LogP contribution in [-0.4, -0.2) is 7.11 Å². The number of rotatable bonds is 6. The zero-order valence-corrected chi connectivity index (χ0v) is 16.6. The summed E-state index contributed by atoms with van der Waals surface area (Å²) in [7, 11) is 1.63. The fourth-order valence-corrected chi connectivity index (χ4v) is 3.58. The third kappa shape index (κ3) is 3.61. The third-order valence-electron chi connectivity index (χ3n) is 5.07. The Labute approximate surface area is 169 Å². The van der Waals surface area contributed by atoms with E-state index in [1.165, 1.54) is 0 Å². The first kappa shape index (κ1) is 18.8. The molecule has 0 aliphatic heterocycles. The molecule has 146 valence electrons. The van der Waals surface area contributed by atoms with Crippen molar-refractivity contribution in [2.75, 3.05) is 12.4 Å². The van der Waals surface area contributed by atoms with Gasteiger partial charge in [-0.1, -0.05) is 55.5 Å². The second kappa shape index (κ2) is 8.23. The van der Waals surface area contributed by atoms with Crippen LogP contribution in [0.2, 0.25) is 0 Å². The molecule has 3 aromatic carbocycles. The van der Waals surface area contributed by atoms with Crippen LogP contribution in [-0.2, 0) is 13.0 Å². The number of benzene rings is 3. The molecule has 0 bridgehead atoms. The van der Waals surface area contributed by atoms with E-state index in [0.717, 1.165) is 16.8 Å². The lowest BCUT2D eigenvalue weighted by molar-refractivity contribution is 0.409. The molecule has 1 N–H and O–H groups in total. The second-order valence-corrected chi connectivity index (χ2v) is 6.80. The lowest BCUT2D eigenvalue weighted by Crippen LogP contribution is -2.12. The number of methoxy groups -OCH3 is 1. The summed E-state index contributed by atoms with van der Waals surface area (Å²) in [4.78, 5) is 13.3. The number of fused-ring (bicyclic) bond motifs is 1. The van der Waals surface area contributed by atoms with Crippen LogP contribution in [0.15, 0.2) is 82.0 Å². The topological polar surface area (TPSA) is 51.5 Å². The van der Waals surface area contributed by atoms with E-state index in [1.807, 2.05) is 73.7 Å². The van der Waals surface area contributed by atoms with Crippen molar-refractivity contribution in [2.45, 2.75) is 19.9 Å². The minimum absolute atomic E-state index is 0.0104. The van der Waals surface area contributed by atoms with E-state index in [1.54, 1.807) is 13.2 Å². The fourth-order valence-electron chi connectivity index (χ4n) is 3.58. The molecular weight excluding hydrogens is 362 g/mol. The van der Waals surface area contributed by atoms with Crippen molar-refractivity contribution in [3.8, 4) is 17.1 Å². The zero-order chi connectivity index (χ0) is 20.2. The van der Waals surface area contributed by atoms with Gasteiger partial charge in [0.15, 0.2) is 5.43 Å².